The highest BCUT2D eigenvalue weighted by Crippen LogP contribution is 2.20. The summed E-state index contributed by atoms with van der Waals surface area (Å²) in [5.41, 5.74) is 18.0. The zero-order valence-electron chi connectivity index (χ0n) is 23.6. The summed E-state index contributed by atoms with van der Waals surface area (Å²) in [6, 6.07) is 7.55. The number of primary amides is 2. The van der Waals surface area contributed by atoms with Crippen LogP contribution < -0.4 is 33.2 Å². The van der Waals surface area contributed by atoms with Gasteiger partial charge in [0.05, 0.1) is 12.5 Å². The second-order valence-electron chi connectivity index (χ2n) is 10.2. The highest BCUT2D eigenvalue weighted by Gasteiger charge is 2.31. The number of phenolic OH excluding ortho intramolecular Hbond substituents is 1. The van der Waals surface area contributed by atoms with Crippen molar-refractivity contribution < 1.29 is 39.0 Å². The zero-order chi connectivity index (χ0) is 32.4. The molecule has 0 aliphatic heterocycles. The number of nitrogens with two attached hydrogens (primary N) is 3. The molecule has 12 N–H and O–H groups in total. The van der Waals surface area contributed by atoms with Crippen molar-refractivity contribution in [1.29, 1.82) is 0 Å². The van der Waals surface area contributed by atoms with Gasteiger partial charge in [0.2, 0.25) is 29.5 Å². The van der Waals surface area contributed by atoms with Crippen molar-refractivity contribution in [2.45, 2.75) is 56.3 Å². The summed E-state index contributed by atoms with van der Waals surface area (Å²) in [5.74, 6) is -5.55. The van der Waals surface area contributed by atoms with E-state index in [1.807, 2.05) is 18.2 Å². The van der Waals surface area contributed by atoms with E-state index in [0.717, 1.165) is 10.9 Å². The number of hydrogen-bond acceptors (Lipinski definition) is 8. The number of carboxylic acids is 1. The number of amides is 5. The minimum atomic E-state index is -1.48. The molecule has 0 saturated carbocycles. The van der Waals surface area contributed by atoms with Crippen LogP contribution in [0.2, 0.25) is 0 Å². The Labute approximate surface area is 251 Å². The van der Waals surface area contributed by atoms with E-state index in [4.69, 9.17) is 17.2 Å². The first-order valence-electron chi connectivity index (χ1n) is 13.6. The number of para-hydroxylation sites is 1. The molecule has 2 aromatic carbocycles. The van der Waals surface area contributed by atoms with Crippen molar-refractivity contribution >= 4 is 46.4 Å². The third kappa shape index (κ3) is 9.55. The van der Waals surface area contributed by atoms with Gasteiger partial charge in [-0.3, -0.25) is 24.0 Å². The maximum absolute atomic E-state index is 13.7. The fraction of sp³-hybridized carbons (Fsp3) is 0.310. The summed E-state index contributed by atoms with van der Waals surface area (Å²) in [4.78, 5) is 77.3. The normalized spacial score (nSPS) is 13.7. The predicted molar refractivity (Wildman–Crippen MR) is 157 cm³/mol. The molecule has 0 bridgehead atoms. The van der Waals surface area contributed by atoms with Crippen LogP contribution in [0, 0.1) is 0 Å². The summed E-state index contributed by atoms with van der Waals surface area (Å²) in [6.45, 7) is 0. The van der Waals surface area contributed by atoms with Crippen LogP contribution in [0.25, 0.3) is 10.9 Å². The molecule has 44 heavy (non-hydrogen) atoms. The fourth-order valence-corrected chi connectivity index (χ4v) is 4.48. The highest BCUT2D eigenvalue weighted by molar-refractivity contribution is 5.96. The molecule has 0 saturated heterocycles. The molecule has 3 rings (SSSR count). The highest BCUT2D eigenvalue weighted by atomic mass is 16.4. The Hall–Kier alpha value is -5.44. The SMILES string of the molecule is NC(=O)CCC(NC(=O)C(Cc1ccc(O)cc1)NC(=O)C(Cc1c[nH]c2ccccc12)NC(=O)C(N)CC(N)=O)C(=O)O. The summed E-state index contributed by atoms with van der Waals surface area (Å²) >= 11 is 0. The number of carboxylic acid groups (broad SMARTS) is 1. The third-order valence-corrected chi connectivity index (χ3v) is 6.79. The quantitative estimate of drug-likeness (QED) is 0.0929. The third-order valence-electron chi connectivity index (χ3n) is 6.79. The van der Waals surface area contributed by atoms with Crippen molar-refractivity contribution in [2.75, 3.05) is 0 Å². The van der Waals surface area contributed by atoms with Crippen molar-refractivity contribution in [1.82, 2.24) is 20.9 Å². The lowest BCUT2D eigenvalue weighted by Gasteiger charge is -2.25. The standard InChI is InChI=1S/C29H35N7O8/c30-19(13-25(32)39)26(40)35-23(12-16-14-33-20-4-2-1-3-18(16)20)28(42)36-22(11-15-5-7-17(37)8-6-15)27(41)34-21(29(43)44)9-10-24(31)38/h1-8,14,19,21-23,33,37H,9-13,30H2,(H2,31,38)(H2,32,39)(H,34,41)(H,35,40)(H,36,42)(H,43,44). The van der Waals surface area contributed by atoms with Gasteiger partial charge >= 0.3 is 5.97 Å². The summed E-state index contributed by atoms with van der Waals surface area (Å²) in [5, 5.41) is 27.4. The number of aliphatic carboxylic acids is 1. The summed E-state index contributed by atoms with van der Waals surface area (Å²) in [6.07, 6.45) is 0.422. The smallest absolute Gasteiger partial charge is 0.326 e. The van der Waals surface area contributed by atoms with Crippen LogP contribution in [0.4, 0.5) is 0 Å². The number of benzene rings is 2. The first kappa shape index (κ1) is 33.1. The lowest BCUT2D eigenvalue weighted by atomic mass is 10.0. The zero-order valence-corrected chi connectivity index (χ0v) is 23.6. The molecule has 1 aromatic heterocycles. The number of aromatic amines is 1. The molecule has 5 amide bonds. The maximum Gasteiger partial charge on any atom is 0.326 e. The lowest BCUT2D eigenvalue weighted by molar-refractivity contribution is -0.142. The first-order chi connectivity index (χ1) is 20.8. The van der Waals surface area contributed by atoms with E-state index >= 15 is 0 Å². The van der Waals surface area contributed by atoms with Gasteiger partial charge in [0.1, 0.15) is 23.9 Å². The number of H-pyrrole nitrogens is 1. The number of phenols is 1. The van der Waals surface area contributed by atoms with E-state index in [2.05, 4.69) is 20.9 Å². The van der Waals surface area contributed by atoms with Crippen LogP contribution in [-0.4, -0.2) is 74.9 Å². The first-order valence-corrected chi connectivity index (χ1v) is 13.6. The van der Waals surface area contributed by atoms with Crippen LogP contribution in [-0.2, 0) is 41.6 Å². The maximum atomic E-state index is 13.7. The molecular weight excluding hydrogens is 574 g/mol. The molecular formula is C29H35N7O8. The Bertz CT molecular complexity index is 1520. The Morgan fingerprint density at radius 2 is 1.36 bits per heavy atom. The number of carbonyl (C=O) groups is 6. The summed E-state index contributed by atoms with van der Waals surface area (Å²) < 4.78 is 0. The Balaban J connectivity index is 1.90. The van der Waals surface area contributed by atoms with Gasteiger partial charge in [-0.05, 0) is 35.7 Å². The molecule has 0 aliphatic rings. The number of hydrogen-bond donors (Lipinski definition) is 9. The van der Waals surface area contributed by atoms with Crippen molar-refractivity contribution in [3.05, 3.63) is 65.9 Å². The number of nitrogens with one attached hydrogen (secondary N) is 4. The minimum absolute atomic E-state index is 0.0371. The number of carbonyl (C=O) groups excluding carboxylic acids is 5. The van der Waals surface area contributed by atoms with Crippen molar-refractivity contribution in [2.24, 2.45) is 17.2 Å². The number of aromatic nitrogens is 1. The molecule has 4 atom stereocenters. The van der Waals surface area contributed by atoms with E-state index in [9.17, 15) is 39.0 Å². The Morgan fingerprint density at radius 1 is 0.773 bits per heavy atom. The molecule has 3 aromatic rings. The second kappa shape index (κ2) is 15.2. The van der Waals surface area contributed by atoms with Crippen LogP contribution >= 0.6 is 0 Å². The molecule has 4 unspecified atom stereocenters. The fourth-order valence-electron chi connectivity index (χ4n) is 4.48. The predicted octanol–water partition coefficient (Wildman–Crippen LogP) is -1.33. The van der Waals surface area contributed by atoms with Crippen LogP contribution in [0.15, 0.2) is 54.7 Å². The Morgan fingerprint density at radius 3 is 1.98 bits per heavy atom. The van der Waals surface area contributed by atoms with Gasteiger partial charge in [0.15, 0.2) is 0 Å². The van der Waals surface area contributed by atoms with E-state index < -0.39 is 66.1 Å². The van der Waals surface area contributed by atoms with E-state index in [0.29, 0.717) is 11.1 Å². The topological polar surface area (TPSA) is 273 Å². The molecule has 1 heterocycles. The molecule has 234 valence electrons. The van der Waals surface area contributed by atoms with Crippen LogP contribution in [0.3, 0.4) is 0 Å². The number of aromatic hydroxyl groups is 1. The van der Waals surface area contributed by atoms with Crippen LogP contribution in [0.5, 0.6) is 5.75 Å². The molecule has 15 heteroatoms. The van der Waals surface area contributed by atoms with E-state index in [-0.39, 0.29) is 31.4 Å². The lowest BCUT2D eigenvalue weighted by Crippen LogP contribution is -2.58. The van der Waals surface area contributed by atoms with Gasteiger partial charge < -0.3 is 48.3 Å². The minimum Gasteiger partial charge on any atom is -0.508 e. The van der Waals surface area contributed by atoms with E-state index in [1.54, 1.807) is 12.3 Å². The van der Waals surface area contributed by atoms with Crippen molar-refractivity contribution in [3.63, 3.8) is 0 Å². The van der Waals surface area contributed by atoms with Crippen LogP contribution in [0.1, 0.15) is 30.4 Å². The average molecular weight is 610 g/mol. The van der Waals surface area contributed by atoms with Gasteiger partial charge in [-0.2, -0.15) is 0 Å². The largest absolute Gasteiger partial charge is 0.508 e. The molecule has 0 aliphatic carbocycles. The second-order valence-corrected chi connectivity index (χ2v) is 10.2. The van der Waals surface area contributed by atoms with Gasteiger partial charge in [-0.15, -0.1) is 0 Å². The summed E-state index contributed by atoms with van der Waals surface area (Å²) in [7, 11) is 0. The molecule has 15 nitrogen and oxygen atoms in total. The van der Waals surface area contributed by atoms with E-state index in [1.165, 1.54) is 24.3 Å². The number of fused-ring (bicyclic) bond motifs is 1. The molecule has 0 fully saturated rings. The van der Waals surface area contributed by atoms with Gasteiger partial charge in [-0.1, -0.05) is 30.3 Å². The Kier molecular flexibility index (Phi) is 11.4. The van der Waals surface area contributed by atoms with Crippen molar-refractivity contribution in [3.8, 4) is 5.75 Å². The molecule has 0 radical (unpaired) electrons. The average Bonchev–Trinajstić information content (AvgIpc) is 3.37. The van der Waals surface area contributed by atoms with Gasteiger partial charge in [0.25, 0.3) is 0 Å². The monoisotopic (exact) mass is 609 g/mol. The van der Waals surface area contributed by atoms with Gasteiger partial charge in [0, 0.05) is 36.4 Å². The molecule has 0 spiro atoms. The number of rotatable bonds is 16. The van der Waals surface area contributed by atoms with Gasteiger partial charge in [-0.25, -0.2) is 4.79 Å².